The fourth-order valence-electron chi connectivity index (χ4n) is 3.93. The Labute approximate surface area is 187 Å². The van der Waals surface area contributed by atoms with Crippen molar-refractivity contribution in [2.75, 3.05) is 0 Å². The first-order valence-electron chi connectivity index (χ1n) is 10.8. The van der Waals surface area contributed by atoms with Gasteiger partial charge in [0.2, 0.25) is 0 Å². The Morgan fingerprint density at radius 2 is 1.37 bits per heavy atom. The van der Waals surface area contributed by atoms with Gasteiger partial charge in [0.1, 0.15) is 5.75 Å². The van der Waals surface area contributed by atoms with E-state index in [9.17, 15) is 5.11 Å². The van der Waals surface area contributed by atoms with E-state index >= 15 is 0 Å². The van der Waals surface area contributed by atoms with Crippen LogP contribution < -0.4 is 0 Å². The Bertz CT molecular complexity index is 850. The highest BCUT2D eigenvalue weighted by atomic mass is 32.1. The molecule has 164 valence electrons. The van der Waals surface area contributed by atoms with Crippen LogP contribution >= 0.6 is 11.3 Å². The lowest BCUT2D eigenvalue weighted by molar-refractivity contribution is 0.00578. The van der Waals surface area contributed by atoms with Crippen molar-refractivity contribution in [3.63, 3.8) is 0 Å². The molecule has 1 saturated heterocycles. The molecule has 0 aliphatic carbocycles. The topological polar surface area (TPSA) is 38.7 Å². The van der Waals surface area contributed by atoms with E-state index in [-0.39, 0.29) is 23.8 Å². The van der Waals surface area contributed by atoms with E-state index in [1.165, 1.54) is 4.88 Å². The molecular weight excluding hydrogens is 391 g/mol. The minimum Gasteiger partial charge on any atom is -0.507 e. The Kier molecular flexibility index (Phi) is 5.76. The van der Waals surface area contributed by atoms with Crippen molar-refractivity contribution in [1.82, 2.24) is 0 Å². The molecule has 1 aromatic carbocycles. The van der Waals surface area contributed by atoms with Crippen LogP contribution in [0.3, 0.4) is 0 Å². The van der Waals surface area contributed by atoms with Crippen LogP contribution in [-0.4, -0.2) is 23.4 Å². The van der Waals surface area contributed by atoms with Crippen molar-refractivity contribution in [2.45, 2.75) is 97.1 Å². The second-order valence-corrected chi connectivity index (χ2v) is 12.6. The molecule has 5 heteroatoms. The Morgan fingerprint density at radius 3 is 1.73 bits per heavy atom. The quantitative estimate of drug-likeness (QED) is 0.546. The summed E-state index contributed by atoms with van der Waals surface area (Å²) in [5, 5.41) is 13.3. The molecule has 1 aliphatic heterocycles. The maximum absolute atomic E-state index is 11.2. The van der Waals surface area contributed by atoms with Crippen molar-refractivity contribution in [3.8, 4) is 5.75 Å². The summed E-state index contributed by atoms with van der Waals surface area (Å²) in [6, 6.07) is 8.54. The number of hydrogen-bond acceptors (Lipinski definition) is 4. The van der Waals surface area contributed by atoms with E-state index in [1.807, 2.05) is 0 Å². The van der Waals surface area contributed by atoms with Crippen LogP contribution in [0.15, 0.2) is 29.6 Å². The van der Waals surface area contributed by atoms with Gasteiger partial charge >= 0.3 is 7.12 Å². The van der Waals surface area contributed by atoms with E-state index in [1.54, 1.807) is 11.3 Å². The average molecular weight is 428 g/mol. The van der Waals surface area contributed by atoms with Crippen LogP contribution in [0.2, 0.25) is 0 Å². The number of hydrogen-bond donors (Lipinski definition) is 1. The van der Waals surface area contributed by atoms with Gasteiger partial charge in [-0.2, -0.15) is 0 Å². The molecule has 3 rings (SSSR count). The number of aromatic hydroxyl groups is 1. The lowest BCUT2D eigenvalue weighted by Crippen LogP contribution is -2.41. The molecule has 1 fully saturated rings. The Hall–Kier alpha value is -1.30. The lowest BCUT2D eigenvalue weighted by Gasteiger charge is -2.32. The van der Waals surface area contributed by atoms with Crippen molar-refractivity contribution < 1.29 is 14.4 Å². The summed E-state index contributed by atoms with van der Waals surface area (Å²) in [4.78, 5) is 1.21. The van der Waals surface area contributed by atoms with Crippen LogP contribution in [0, 0.1) is 0 Å². The highest BCUT2D eigenvalue weighted by molar-refractivity contribution is 7.10. The molecule has 0 bridgehead atoms. The summed E-state index contributed by atoms with van der Waals surface area (Å²) >= 11 is 1.72. The number of thiophene rings is 1. The minimum atomic E-state index is -0.399. The number of rotatable bonds is 3. The molecule has 1 N–H and O–H groups in total. The van der Waals surface area contributed by atoms with Gasteiger partial charge in [0, 0.05) is 4.88 Å². The van der Waals surface area contributed by atoms with E-state index in [2.05, 4.69) is 98.9 Å². The van der Waals surface area contributed by atoms with E-state index < -0.39 is 11.2 Å². The molecule has 3 nitrogen and oxygen atoms in total. The number of phenols is 1. The second kappa shape index (κ2) is 7.39. The molecule has 2 aromatic rings. The van der Waals surface area contributed by atoms with Gasteiger partial charge in [-0.1, -0.05) is 59.7 Å². The first-order chi connectivity index (χ1) is 13.5. The fourth-order valence-corrected chi connectivity index (χ4v) is 4.79. The van der Waals surface area contributed by atoms with Gasteiger partial charge in [0.05, 0.1) is 17.0 Å². The molecule has 1 unspecified atom stereocenters. The van der Waals surface area contributed by atoms with E-state index in [0.717, 1.165) is 16.7 Å². The molecule has 2 heterocycles. The van der Waals surface area contributed by atoms with Gasteiger partial charge in [-0.05, 0) is 66.7 Å². The largest absolute Gasteiger partial charge is 0.507 e. The van der Waals surface area contributed by atoms with Crippen LogP contribution in [0.5, 0.6) is 5.75 Å². The molecule has 30 heavy (non-hydrogen) atoms. The van der Waals surface area contributed by atoms with E-state index in [4.69, 9.17) is 9.31 Å². The molecule has 1 atom stereocenters. The third kappa shape index (κ3) is 4.21. The Balaban J connectivity index is 2.23. The van der Waals surface area contributed by atoms with Gasteiger partial charge in [0.15, 0.2) is 0 Å². The van der Waals surface area contributed by atoms with E-state index in [0.29, 0.717) is 5.75 Å². The maximum atomic E-state index is 11.2. The summed E-state index contributed by atoms with van der Waals surface area (Å²) in [7, 11) is -0.390. The fraction of sp³-hybridized carbons (Fsp3) is 0.600. The molecule has 0 radical (unpaired) electrons. The minimum absolute atomic E-state index is 0.0613. The summed E-state index contributed by atoms with van der Waals surface area (Å²) in [6.45, 7) is 21.3. The van der Waals surface area contributed by atoms with Gasteiger partial charge in [-0.3, -0.25) is 0 Å². The molecule has 0 amide bonds. The molecular formula is C25H37BO3S. The summed E-state index contributed by atoms with van der Waals surface area (Å²) in [5.41, 5.74) is 1.88. The van der Waals surface area contributed by atoms with Crippen molar-refractivity contribution in [2.24, 2.45) is 0 Å². The standard InChI is InChI=1S/C25H37BO3S/c1-22(2,3)17-14-16(15-18(21(17)27)23(4,5)6)20(19-12-11-13-30-19)26-28-24(7,8)25(9,10)29-26/h11-15,20,27H,1-10H3. The summed E-state index contributed by atoms with van der Waals surface area (Å²) < 4.78 is 13.0. The van der Waals surface area contributed by atoms with Gasteiger partial charge in [-0.25, -0.2) is 0 Å². The molecule has 0 spiro atoms. The van der Waals surface area contributed by atoms with Gasteiger partial charge in [0.25, 0.3) is 0 Å². The highest BCUT2D eigenvalue weighted by Gasteiger charge is 2.54. The smallest absolute Gasteiger partial charge is 0.471 e. The van der Waals surface area contributed by atoms with Gasteiger partial charge < -0.3 is 14.4 Å². The number of benzene rings is 1. The van der Waals surface area contributed by atoms with Crippen molar-refractivity contribution in [3.05, 3.63) is 51.2 Å². The van der Waals surface area contributed by atoms with Gasteiger partial charge in [-0.15, -0.1) is 11.3 Å². The third-order valence-electron chi connectivity index (χ3n) is 6.50. The first kappa shape index (κ1) is 23.4. The van der Waals surface area contributed by atoms with Crippen molar-refractivity contribution in [1.29, 1.82) is 0 Å². The Morgan fingerprint density at radius 1 is 0.900 bits per heavy atom. The average Bonchev–Trinajstić information content (AvgIpc) is 3.13. The highest BCUT2D eigenvalue weighted by Crippen LogP contribution is 2.47. The lowest BCUT2D eigenvalue weighted by atomic mass is 9.65. The molecule has 1 aromatic heterocycles. The number of phenolic OH excluding ortho intramolecular Hbond substituents is 1. The van der Waals surface area contributed by atoms with Crippen molar-refractivity contribution >= 4 is 18.5 Å². The predicted molar refractivity (Wildman–Crippen MR) is 128 cm³/mol. The third-order valence-corrected chi connectivity index (χ3v) is 7.46. The predicted octanol–water partition coefficient (Wildman–Crippen LogP) is 6.81. The first-order valence-corrected chi connectivity index (χ1v) is 11.7. The summed E-state index contributed by atoms with van der Waals surface area (Å²) in [6.07, 6.45) is 0. The van der Waals surface area contributed by atoms with Crippen LogP contribution in [-0.2, 0) is 20.1 Å². The van der Waals surface area contributed by atoms with Crippen LogP contribution in [0.4, 0.5) is 0 Å². The van der Waals surface area contributed by atoms with Crippen LogP contribution in [0.1, 0.15) is 96.6 Å². The zero-order valence-electron chi connectivity index (χ0n) is 20.2. The molecule has 0 saturated carbocycles. The van der Waals surface area contributed by atoms with Crippen LogP contribution in [0.25, 0.3) is 0 Å². The SMILES string of the molecule is CC(C)(C)c1cc(C(B2OC(C)(C)C(C)(C)O2)c2cccs2)cc(C(C)(C)C)c1O. The summed E-state index contributed by atoms with van der Waals surface area (Å²) in [5.74, 6) is 0.339. The molecule has 1 aliphatic rings. The monoisotopic (exact) mass is 428 g/mol. The zero-order valence-corrected chi connectivity index (χ0v) is 21.0. The normalized spacial score (nSPS) is 19.9. The second-order valence-electron chi connectivity index (χ2n) is 11.6. The maximum Gasteiger partial charge on any atom is 0.471 e. The zero-order chi connectivity index (χ0) is 22.7.